The zero-order chi connectivity index (χ0) is 21.3. The number of anilines is 1. The van der Waals surface area contributed by atoms with Crippen LogP contribution in [0.3, 0.4) is 0 Å². The second-order valence-corrected chi connectivity index (χ2v) is 7.55. The first-order chi connectivity index (χ1) is 14.4. The Labute approximate surface area is 172 Å². The van der Waals surface area contributed by atoms with Gasteiger partial charge in [-0.25, -0.2) is 13.8 Å². The van der Waals surface area contributed by atoms with E-state index in [2.05, 4.69) is 9.88 Å². The maximum Gasteiger partial charge on any atom is 0.433 e. The van der Waals surface area contributed by atoms with E-state index in [9.17, 15) is 23.7 Å². The van der Waals surface area contributed by atoms with E-state index < -0.39 is 28.3 Å². The number of ether oxygens (including phenoxy) is 1. The fourth-order valence-corrected chi connectivity index (χ4v) is 4.11. The highest BCUT2D eigenvalue weighted by Gasteiger charge is 2.27. The van der Waals surface area contributed by atoms with Crippen molar-refractivity contribution in [2.75, 3.05) is 44.3 Å². The summed E-state index contributed by atoms with van der Waals surface area (Å²) in [5, 5.41) is 11.0. The molecule has 1 amide bonds. The highest BCUT2D eigenvalue weighted by atomic mass is 32.1. The van der Waals surface area contributed by atoms with Crippen LogP contribution in [0.15, 0.2) is 28.7 Å². The first-order valence-corrected chi connectivity index (χ1v) is 9.86. The molecule has 1 fully saturated rings. The number of benzene rings is 1. The summed E-state index contributed by atoms with van der Waals surface area (Å²) < 4.78 is 38.3. The van der Waals surface area contributed by atoms with Crippen LogP contribution in [0.5, 0.6) is 0 Å². The van der Waals surface area contributed by atoms with Crippen molar-refractivity contribution in [3.63, 3.8) is 0 Å². The molecule has 1 saturated heterocycles. The molecule has 2 aromatic heterocycles. The number of fused-ring (bicyclic) bond motifs is 1. The second kappa shape index (κ2) is 8.42. The van der Waals surface area contributed by atoms with Crippen LogP contribution in [0.1, 0.15) is 10.6 Å². The van der Waals surface area contributed by atoms with E-state index in [0.29, 0.717) is 32.8 Å². The molecule has 158 valence electrons. The van der Waals surface area contributed by atoms with Crippen molar-refractivity contribution in [1.82, 2.24) is 9.88 Å². The molecule has 1 aliphatic rings. The maximum absolute atomic E-state index is 14.1. The fraction of sp³-hybridized carbons (Fsp3) is 0.333. The monoisotopic (exact) mass is 438 g/mol. The van der Waals surface area contributed by atoms with Crippen LogP contribution in [0.2, 0.25) is 0 Å². The average molecular weight is 438 g/mol. The number of rotatable bonds is 6. The van der Waals surface area contributed by atoms with Crippen molar-refractivity contribution >= 4 is 38.5 Å². The van der Waals surface area contributed by atoms with Crippen LogP contribution >= 0.6 is 11.3 Å². The number of carbonyl (C=O) groups excluding carboxylic acids is 1. The number of hydrogen-bond donors (Lipinski definition) is 0. The summed E-state index contributed by atoms with van der Waals surface area (Å²) in [4.78, 5) is 30.7. The molecule has 0 aliphatic carbocycles. The normalized spacial score (nSPS) is 14.9. The molecule has 0 atom stereocenters. The van der Waals surface area contributed by atoms with E-state index in [4.69, 9.17) is 9.15 Å². The summed E-state index contributed by atoms with van der Waals surface area (Å²) in [5.74, 6) is -3.04. The minimum atomic E-state index is -0.832. The molecule has 0 spiro atoms. The van der Waals surface area contributed by atoms with E-state index in [1.807, 2.05) is 0 Å². The van der Waals surface area contributed by atoms with Gasteiger partial charge in [-0.1, -0.05) is 11.3 Å². The molecular formula is C18H16F2N4O5S. The van der Waals surface area contributed by atoms with Crippen LogP contribution in [-0.2, 0) is 4.74 Å². The van der Waals surface area contributed by atoms with Crippen LogP contribution in [0.25, 0.3) is 10.2 Å². The smallest absolute Gasteiger partial charge is 0.395 e. The number of nitro groups is 1. The van der Waals surface area contributed by atoms with Crippen LogP contribution in [0, 0.1) is 21.7 Å². The topological polar surface area (TPSA) is 102 Å². The van der Waals surface area contributed by atoms with Gasteiger partial charge in [-0.3, -0.25) is 24.7 Å². The molecule has 3 heterocycles. The maximum atomic E-state index is 14.1. The number of thiazole rings is 1. The lowest BCUT2D eigenvalue weighted by atomic mass is 10.3. The first kappa shape index (κ1) is 20.3. The first-order valence-electron chi connectivity index (χ1n) is 9.04. The van der Waals surface area contributed by atoms with E-state index in [0.717, 1.165) is 29.5 Å². The van der Waals surface area contributed by atoms with Crippen molar-refractivity contribution in [2.45, 2.75) is 0 Å². The average Bonchev–Trinajstić information content (AvgIpc) is 3.36. The number of morpholine rings is 1. The Morgan fingerprint density at radius 3 is 2.77 bits per heavy atom. The Kier molecular flexibility index (Phi) is 5.70. The third-order valence-corrected chi connectivity index (χ3v) is 5.63. The number of hydrogen-bond acceptors (Lipinski definition) is 8. The molecule has 0 saturated carbocycles. The van der Waals surface area contributed by atoms with Crippen molar-refractivity contribution in [3.05, 3.63) is 51.8 Å². The summed E-state index contributed by atoms with van der Waals surface area (Å²) in [7, 11) is 0. The largest absolute Gasteiger partial charge is 0.433 e. The molecule has 0 radical (unpaired) electrons. The van der Waals surface area contributed by atoms with E-state index in [1.54, 1.807) is 0 Å². The van der Waals surface area contributed by atoms with Crippen molar-refractivity contribution in [2.24, 2.45) is 0 Å². The Bertz CT molecular complexity index is 1100. The molecule has 30 heavy (non-hydrogen) atoms. The third-order valence-electron chi connectivity index (χ3n) is 4.60. The number of nitrogens with zero attached hydrogens (tertiary/aromatic N) is 4. The lowest BCUT2D eigenvalue weighted by Crippen LogP contribution is -2.43. The molecule has 0 N–H and O–H groups in total. The van der Waals surface area contributed by atoms with Gasteiger partial charge in [-0.15, -0.1) is 0 Å². The third kappa shape index (κ3) is 4.15. The second-order valence-electron chi connectivity index (χ2n) is 6.54. The Hall–Kier alpha value is -2.96. The Morgan fingerprint density at radius 1 is 1.30 bits per heavy atom. The Balaban J connectivity index is 1.66. The van der Waals surface area contributed by atoms with Gasteiger partial charge in [-0.05, 0) is 12.1 Å². The van der Waals surface area contributed by atoms with Gasteiger partial charge in [0.15, 0.2) is 16.7 Å². The van der Waals surface area contributed by atoms with Crippen LogP contribution < -0.4 is 4.90 Å². The number of aromatic nitrogens is 1. The number of amides is 1. The standard InChI is InChI=1S/C18H16F2N4O5S/c19-11-9-12(20)16-14(10-11)30-18(21-16)23(4-3-22-5-7-28-8-6-22)17(25)13-1-2-15(29-13)24(26)27/h1-2,9-10H,3-8H2. The minimum Gasteiger partial charge on any atom is -0.395 e. The fourth-order valence-electron chi connectivity index (χ4n) is 3.08. The Morgan fingerprint density at radius 2 is 2.07 bits per heavy atom. The molecular weight excluding hydrogens is 422 g/mol. The van der Waals surface area contributed by atoms with Gasteiger partial charge in [0.2, 0.25) is 0 Å². The van der Waals surface area contributed by atoms with E-state index >= 15 is 0 Å². The van der Waals surface area contributed by atoms with Crippen LogP contribution in [0.4, 0.5) is 19.8 Å². The molecule has 9 nitrogen and oxygen atoms in total. The quantitative estimate of drug-likeness (QED) is 0.431. The SMILES string of the molecule is O=C(c1ccc([N+](=O)[O-])o1)N(CCN1CCOCC1)c1nc2c(F)cc(F)cc2s1. The molecule has 12 heteroatoms. The number of halogens is 2. The summed E-state index contributed by atoms with van der Waals surface area (Å²) in [6.07, 6.45) is 0. The molecule has 1 aliphatic heterocycles. The van der Waals surface area contributed by atoms with Crippen LogP contribution in [-0.4, -0.2) is 60.1 Å². The van der Waals surface area contributed by atoms with E-state index in [-0.39, 0.29) is 27.7 Å². The van der Waals surface area contributed by atoms with Gasteiger partial charge in [0.25, 0.3) is 5.91 Å². The van der Waals surface area contributed by atoms with Gasteiger partial charge < -0.3 is 9.15 Å². The van der Waals surface area contributed by atoms with Crippen molar-refractivity contribution in [3.8, 4) is 0 Å². The lowest BCUT2D eigenvalue weighted by Gasteiger charge is -2.28. The van der Waals surface area contributed by atoms with Crippen molar-refractivity contribution < 1.29 is 27.7 Å². The molecule has 0 bridgehead atoms. The minimum absolute atomic E-state index is 0.0500. The summed E-state index contributed by atoms with van der Waals surface area (Å²) in [5.41, 5.74) is -0.0500. The lowest BCUT2D eigenvalue weighted by molar-refractivity contribution is -0.402. The van der Waals surface area contributed by atoms with Gasteiger partial charge in [0, 0.05) is 32.2 Å². The summed E-state index contributed by atoms with van der Waals surface area (Å²) in [6.45, 7) is 3.18. The number of furan rings is 1. The van der Waals surface area contributed by atoms with Gasteiger partial charge >= 0.3 is 5.88 Å². The molecule has 0 unspecified atom stereocenters. The highest BCUT2D eigenvalue weighted by molar-refractivity contribution is 7.22. The van der Waals surface area contributed by atoms with Gasteiger partial charge in [0.1, 0.15) is 16.3 Å². The zero-order valence-electron chi connectivity index (χ0n) is 15.5. The molecule has 3 aromatic rings. The number of carbonyl (C=O) groups is 1. The molecule has 1 aromatic carbocycles. The molecule has 4 rings (SSSR count). The van der Waals surface area contributed by atoms with Gasteiger partial charge in [-0.2, -0.15) is 0 Å². The van der Waals surface area contributed by atoms with Crippen molar-refractivity contribution in [1.29, 1.82) is 0 Å². The predicted molar refractivity (Wildman–Crippen MR) is 104 cm³/mol. The van der Waals surface area contributed by atoms with Gasteiger partial charge in [0.05, 0.1) is 24.0 Å². The highest BCUT2D eigenvalue weighted by Crippen LogP contribution is 2.32. The predicted octanol–water partition coefficient (Wildman–Crippen LogP) is 3.05. The summed E-state index contributed by atoms with van der Waals surface area (Å²) in [6, 6.07) is 4.15. The van der Waals surface area contributed by atoms with E-state index in [1.165, 1.54) is 11.0 Å². The zero-order valence-corrected chi connectivity index (χ0v) is 16.4. The summed E-state index contributed by atoms with van der Waals surface area (Å²) >= 11 is 0.952.